The third-order valence-corrected chi connectivity index (χ3v) is 2.55. The van der Waals surface area contributed by atoms with Gasteiger partial charge in [-0.1, -0.05) is 38.3 Å². The van der Waals surface area contributed by atoms with Crippen molar-refractivity contribution in [2.75, 3.05) is 0 Å². The van der Waals surface area contributed by atoms with Crippen LogP contribution in [0.4, 0.5) is 0 Å². The SMILES string of the molecule is CC1CCC/C=C\CCCC1. The minimum Gasteiger partial charge on any atom is -0.0885 e. The van der Waals surface area contributed by atoms with Gasteiger partial charge in [0.15, 0.2) is 0 Å². The first-order valence-corrected chi connectivity index (χ1v) is 5.04. The summed E-state index contributed by atoms with van der Waals surface area (Å²) in [7, 11) is 0. The zero-order valence-corrected chi connectivity index (χ0v) is 7.68. The van der Waals surface area contributed by atoms with Gasteiger partial charge in [0, 0.05) is 0 Å². The van der Waals surface area contributed by atoms with E-state index in [0.29, 0.717) is 0 Å². The normalized spacial score (nSPS) is 31.2. The van der Waals surface area contributed by atoms with Crippen molar-refractivity contribution < 1.29 is 0 Å². The third kappa shape index (κ3) is 4.23. The predicted molar refractivity (Wildman–Crippen MR) is 50.6 cm³/mol. The van der Waals surface area contributed by atoms with Gasteiger partial charge in [0.1, 0.15) is 0 Å². The fourth-order valence-corrected chi connectivity index (χ4v) is 1.72. The Morgan fingerprint density at radius 1 is 0.909 bits per heavy atom. The molecule has 0 heterocycles. The van der Waals surface area contributed by atoms with Gasteiger partial charge in [-0.2, -0.15) is 0 Å². The lowest BCUT2D eigenvalue weighted by Crippen LogP contribution is -1.95. The van der Waals surface area contributed by atoms with E-state index < -0.39 is 0 Å². The Morgan fingerprint density at radius 2 is 1.55 bits per heavy atom. The maximum Gasteiger partial charge on any atom is -0.0351 e. The van der Waals surface area contributed by atoms with Crippen LogP contribution in [0.5, 0.6) is 0 Å². The van der Waals surface area contributed by atoms with Gasteiger partial charge >= 0.3 is 0 Å². The molecular weight excluding hydrogens is 132 g/mol. The summed E-state index contributed by atoms with van der Waals surface area (Å²) in [6.45, 7) is 2.39. The molecule has 0 radical (unpaired) electrons. The molecule has 0 amide bonds. The number of hydrogen-bond acceptors (Lipinski definition) is 0. The quantitative estimate of drug-likeness (QED) is 0.461. The topological polar surface area (TPSA) is 0 Å². The van der Waals surface area contributed by atoms with Gasteiger partial charge in [-0.15, -0.1) is 0 Å². The summed E-state index contributed by atoms with van der Waals surface area (Å²) in [5.41, 5.74) is 0. The predicted octanol–water partition coefficient (Wildman–Crippen LogP) is 3.92. The molecule has 0 aliphatic heterocycles. The molecule has 0 bridgehead atoms. The molecule has 0 spiro atoms. The lowest BCUT2D eigenvalue weighted by Gasteiger charge is -2.10. The average molecular weight is 152 g/mol. The summed E-state index contributed by atoms with van der Waals surface area (Å²) in [6.07, 6.45) is 14.5. The second-order valence-electron chi connectivity index (χ2n) is 3.79. The van der Waals surface area contributed by atoms with Gasteiger partial charge in [0.2, 0.25) is 0 Å². The molecule has 0 N–H and O–H groups in total. The Hall–Kier alpha value is -0.260. The van der Waals surface area contributed by atoms with Crippen LogP contribution in [0, 0.1) is 5.92 Å². The molecule has 1 unspecified atom stereocenters. The average Bonchev–Trinajstić information content (AvgIpc) is 2.03. The summed E-state index contributed by atoms with van der Waals surface area (Å²) in [5.74, 6) is 0.974. The highest BCUT2D eigenvalue weighted by Crippen LogP contribution is 2.17. The Balaban J connectivity index is 2.23. The van der Waals surface area contributed by atoms with Crippen LogP contribution in [0.15, 0.2) is 12.2 Å². The monoisotopic (exact) mass is 152 g/mol. The minimum atomic E-state index is 0.974. The van der Waals surface area contributed by atoms with Crippen LogP contribution in [-0.4, -0.2) is 0 Å². The molecule has 0 aromatic carbocycles. The molecule has 0 fully saturated rings. The van der Waals surface area contributed by atoms with Crippen LogP contribution in [-0.2, 0) is 0 Å². The molecular formula is C11H20. The maximum atomic E-state index is 2.39. The largest absolute Gasteiger partial charge is 0.0885 e. The van der Waals surface area contributed by atoms with Crippen molar-refractivity contribution in [1.82, 2.24) is 0 Å². The van der Waals surface area contributed by atoms with Crippen molar-refractivity contribution in [3.05, 3.63) is 12.2 Å². The van der Waals surface area contributed by atoms with E-state index in [9.17, 15) is 0 Å². The first-order chi connectivity index (χ1) is 5.39. The van der Waals surface area contributed by atoms with E-state index >= 15 is 0 Å². The summed E-state index contributed by atoms with van der Waals surface area (Å²) < 4.78 is 0. The maximum absolute atomic E-state index is 2.39. The van der Waals surface area contributed by atoms with Crippen molar-refractivity contribution in [1.29, 1.82) is 0 Å². The molecule has 64 valence electrons. The highest BCUT2D eigenvalue weighted by atomic mass is 14.1. The van der Waals surface area contributed by atoms with Crippen LogP contribution in [0.25, 0.3) is 0 Å². The molecule has 0 aromatic rings. The van der Waals surface area contributed by atoms with Gasteiger partial charge < -0.3 is 0 Å². The summed E-state index contributed by atoms with van der Waals surface area (Å²) >= 11 is 0. The van der Waals surface area contributed by atoms with E-state index in [4.69, 9.17) is 0 Å². The zero-order valence-electron chi connectivity index (χ0n) is 7.68. The Morgan fingerprint density at radius 3 is 2.36 bits per heavy atom. The lowest BCUT2D eigenvalue weighted by molar-refractivity contribution is 0.451. The molecule has 11 heavy (non-hydrogen) atoms. The van der Waals surface area contributed by atoms with E-state index in [1.54, 1.807) is 0 Å². The molecule has 0 heteroatoms. The molecule has 0 nitrogen and oxygen atoms in total. The van der Waals surface area contributed by atoms with Crippen molar-refractivity contribution in [2.24, 2.45) is 5.92 Å². The van der Waals surface area contributed by atoms with Crippen molar-refractivity contribution in [3.63, 3.8) is 0 Å². The van der Waals surface area contributed by atoms with Crippen LogP contribution in [0.3, 0.4) is 0 Å². The van der Waals surface area contributed by atoms with Gasteiger partial charge in [-0.25, -0.2) is 0 Å². The Bertz CT molecular complexity index is 113. The molecule has 0 aromatic heterocycles. The van der Waals surface area contributed by atoms with Crippen molar-refractivity contribution in [2.45, 2.75) is 51.9 Å². The highest BCUT2D eigenvalue weighted by molar-refractivity contribution is 4.82. The van der Waals surface area contributed by atoms with Crippen LogP contribution >= 0.6 is 0 Å². The molecule has 1 aliphatic carbocycles. The molecule has 0 saturated carbocycles. The smallest absolute Gasteiger partial charge is 0.0351 e. The minimum absolute atomic E-state index is 0.974. The summed E-state index contributed by atoms with van der Waals surface area (Å²) in [6, 6.07) is 0. The number of allylic oxidation sites excluding steroid dienone is 2. The molecule has 0 saturated heterocycles. The van der Waals surface area contributed by atoms with E-state index in [1.165, 1.54) is 44.9 Å². The van der Waals surface area contributed by atoms with Crippen LogP contribution < -0.4 is 0 Å². The van der Waals surface area contributed by atoms with Crippen molar-refractivity contribution >= 4 is 0 Å². The fraction of sp³-hybridized carbons (Fsp3) is 0.818. The number of hydrogen-bond donors (Lipinski definition) is 0. The second-order valence-corrected chi connectivity index (χ2v) is 3.79. The summed E-state index contributed by atoms with van der Waals surface area (Å²) in [5, 5.41) is 0. The first-order valence-electron chi connectivity index (χ1n) is 5.04. The van der Waals surface area contributed by atoms with Gasteiger partial charge in [0.05, 0.1) is 0 Å². The molecule has 1 rings (SSSR count). The van der Waals surface area contributed by atoms with Crippen LogP contribution in [0.1, 0.15) is 51.9 Å². The Kier molecular flexibility index (Phi) is 4.33. The van der Waals surface area contributed by atoms with E-state index in [2.05, 4.69) is 19.1 Å². The molecule has 1 aliphatic rings. The zero-order chi connectivity index (χ0) is 7.94. The Labute approximate surface area is 70.7 Å². The summed E-state index contributed by atoms with van der Waals surface area (Å²) in [4.78, 5) is 0. The third-order valence-electron chi connectivity index (χ3n) is 2.55. The fourth-order valence-electron chi connectivity index (χ4n) is 1.72. The van der Waals surface area contributed by atoms with Gasteiger partial charge in [-0.3, -0.25) is 0 Å². The molecule has 1 atom stereocenters. The van der Waals surface area contributed by atoms with Crippen molar-refractivity contribution in [3.8, 4) is 0 Å². The highest BCUT2D eigenvalue weighted by Gasteiger charge is 2.01. The van der Waals surface area contributed by atoms with Gasteiger partial charge in [0.25, 0.3) is 0 Å². The second kappa shape index (κ2) is 5.40. The lowest BCUT2D eigenvalue weighted by atomic mass is 9.96. The first kappa shape index (κ1) is 8.83. The van der Waals surface area contributed by atoms with E-state index in [1.807, 2.05) is 0 Å². The van der Waals surface area contributed by atoms with Crippen LogP contribution in [0.2, 0.25) is 0 Å². The van der Waals surface area contributed by atoms with E-state index in [-0.39, 0.29) is 0 Å². The standard InChI is InChI=1S/C11H20/c1-11-9-7-5-3-2-4-6-8-10-11/h2-3,11H,4-10H2,1H3/b3-2-. The number of rotatable bonds is 0. The van der Waals surface area contributed by atoms with E-state index in [0.717, 1.165) is 5.92 Å². The van der Waals surface area contributed by atoms with Gasteiger partial charge in [-0.05, 0) is 31.6 Å².